The lowest BCUT2D eigenvalue weighted by molar-refractivity contribution is 0.790. The molecule has 2 rings (SSSR count). The fourth-order valence-corrected chi connectivity index (χ4v) is 2.85. The highest BCUT2D eigenvalue weighted by atomic mass is 127. The monoisotopic (exact) mass is 433 g/mol. The van der Waals surface area contributed by atoms with E-state index in [2.05, 4.69) is 39.8 Å². The van der Waals surface area contributed by atoms with Crippen LogP contribution in [0.5, 0.6) is 0 Å². The van der Waals surface area contributed by atoms with Crippen molar-refractivity contribution in [3.05, 3.63) is 40.1 Å². The zero-order chi connectivity index (χ0) is 15.1. The Kier molecular flexibility index (Phi) is 8.47. The lowest BCUT2D eigenvalue weighted by Gasteiger charge is -2.10. The first kappa shape index (κ1) is 19.0. The molecule has 0 radical (unpaired) electrons. The number of hydrogen-bond acceptors (Lipinski definition) is 3. The number of aliphatic imine (C=N–C) groups is 1. The standard InChI is InChI=1S/C15H23N5S.HI/c1-4-13-10-18-14(21-13)5-7-17-15(16-2)19-9-12-6-8-20(3)11-12;/h6,8,10-11H,4-5,7,9H2,1-3H3,(H2,16,17,19);1H. The van der Waals surface area contributed by atoms with Crippen LogP contribution in [-0.2, 0) is 26.4 Å². The molecule has 2 heterocycles. The number of halogens is 1. The van der Waals surface area contributed by atoms with E-state index in [9.17, 15) is 0 Å². The summed E-state index contributed by atoms with van der Waals surface area (Å²) in [5, 5.41) is 7.81. The van der Waals surface area contributed by atoms with Gasteiger partial charge in [-0.25, -0.2) is 4.98 Å². The average Bonchev–Trinajstić information content (AvgIpc) is 3.11. The maximum atomic E-state index is 4.42. The molecule has 0 saturated carbocycles. The summed E-state index contributed by atoms with van der Waals surface area (Å²) in [4.78, 5) is 10.00. The van der Waals surface area contributed by atoms with Gasteiger partial charge in [-0.05, 0) is 18.1 Å². The van der Waals surface area contributed by atoms with E-state index in [1.165, 1.54) is 15.4 Å². The zero-order valence-corrected chi connectivity index (χ0v) is 16.4. The van der Waals surface area contributed by atoms with E-state index >= 15 is 0 Å². The Hall–Kier alpha value is -1.09. The van der Waals surface area contributed by atoms with Crippen molar-refractivity contribution in [3.63, 3.8) is 0 Å². The molecule has 0 aliphatic carbocycles. The molecule has 2 aromatic rings. The van der Waals surface area contributed by atoms with Crippen LogP contribution in [0.15, 0.2) is 29.6 Å². The van der Waals surface area contributed by atoms with E-state index in [1.54, 1.807) is 18.4 Å². The minimum atomic E-state index is 0. The molecule has 0 aliphatic heterocycles. The van der Waals surface area contributed by atoms with Crippen LogP contribution in [0.3, 0.4) is 0 Å². The maximum absolute atomic E-state index is 4.42. The molecule has 0 spiro atoms. The molecule has 122 valence electrons. The maximum Gasteiger partial charge on any atom is 0.191 e. The fourth-order valence-electron chi connectivity index (χ4n) is 1.99. The van der Waals surface area contributed by atoms with Crippen molar-refractivity contribution >= 4 is 41.3 Å². The van der Waals surface area contributed by atoms with Crippen LogP contribution in [0.4, 0.5) is 0 Å². The molecule has 0 bridgehead atoms. The van der Waals surface area contributed by atoms with Gasteiger partial charge in [0.15, 0.2) is 5.96 Å². The molecule has 0 aromatic carbocycles. The van der Waals surface area contributed by atoms with Crippen LogP contribution in [0.25, 0.3) is 0 Å². The second-order valence-electron chi connectivity index (χ2n) is 4.86. The highest BCUT2D eigenvalue weighted by Gasteiger charge is 2.02. The molecular formula is C15H24IN5S. The van der Waals surface area contributed by atoms with Crippen LogP contribution in [0.2, 0.25) is 0 Å². The highest BCUT2D eigenvalue weighted by Crippen LogP contribution is 2.13. The average molecular weight is 433 g/mol. The van der Waals surface area contributed by atoms with Crippen molar-refractivity contribution in [3.8, 4) is 0 Å². The van der Waals surface area contributed by atoms with Gasteiger partial charge in [0.25, 0.3) is 0 Å². The van der Waals surface area contributed by atoms with E-state index in [1.807, 2.05) is 24.0 Å². The molecule has 0 fully saturated rings. The number of nitrogens with zero attached hydrogens (tertiary/aromatic N) is 3. The van der Waals surface area contributed by atoms with Crippen molar-refractivity contribution in [1.82, 2.24) is 20.2 Å². The Morgan fingerprint density at radius 3 is 2.82 bits per heavy atom. The minimum Gasteiger partial charge on any atom is -0.357 e. The molecule has 0 atom stereocenters. The van der Waals surface area contributed by atoms with E-state index < -0.39 is 0 Å². The van der Waals surface area contributed by atoms with Gasteiger partial charge in [0, 0.05) is 57.1 Å². The molecule has 0 aliphatic rings. The molecule has 2 N–H and O–H groups in total. The Morgan fingerprint density at radius 1 is 1.41 bits per heavy atom. The number of nitrogens with one attached hydrogen (secondary N) is 2. The number of aryl methyl sites for hydroxylation is 2. The number of aromatic nitrogens is 2. The summed E-state index contributed by atoms with van der Waals surface area (Å²) >= 11 is 1.79. The first-order valence-corrected chi connectivity index (χ1v) is 8.02. The molecule has 2 aromatic heterocycles. The van der Waals surface area contributed by atoms with E-state index in [-0.39, 0.29) is 24.0 Å². The van der Waals surface area contributed by atoms with Gasteiger partial charge in [-0.1, -0.05) is 6.92 Å². The zero-order valence-electron chi connectivity index (χ0n) is 13.3. The Labute approximate surface area is 153 Å². The Balaban J connectivity index is 0.00000242. The van der Waals surface area contributed by atoms with Gasteiger partial charge in [0.05, 0.1) is 5.01 Å². The van der Waals surface area contributed by atoms with Gasteiger partial charge >= 0.3 is 0 Å². The minimum absolute atomic E-state index is 0. The van der Waals surface area contributed by atoms with Crippen LogP contribution in [-0.4, -0.2) is 29.1 Å². The SMILES string of the molecule is CCc1cnc(CCNC(=NC)NCc2ccn(C)c2)s1.I. The van der Waals surface area contributed by atoms with Crippen LogP contribution in [0, 0.1) is 0 Å². The summed E-state index contributed by atoms with van der Waals surface area (Å²) in [5.74, 6) is 0.825. The number of rotatable bonds is 6. The second kappa shape index (κ2) is 9.83. The molecule has 5 nitrogen and oxygen atoms in total. The van der Waals surface area contributed by atoms with E-state index in [0.29, 0.717) is 0 Å². The van der Waals surface area contributed by atoms with Crippen molar-refractivity contribution in [1.29, 1.82) is 0 Å². The second-order valence-corrected chi connectivity index (χ2v) is 6.06. The molecule has 0 saturated heterocycles. The molecule has 7 heteroatoms. The van der Waals surface area contributed by atoms with E-state index in [4.69, 9.17) is 0 Å². The number of guanidine groups is 1. The molecule has 0 amide bonds. The first-order valence-electron chi connectivity index (χ1n) is 7.20. The molecular weight excluding hydrogens is 409 g/mol. The smallest absolute Gasteiger partial charge is 0.191 e. The van der Waals surface area contributed by atoms with Gasteiger partial charge in [0.1, 0.15) is 0 Å². The number of hydrogen-bond donors (Lipinski definition) is 2. The van der Waals surface area contributed by atoms with Crippen molar-refractivity contribution in [2.75, 3.05) is 13.6 Å². The van der Waals surface area contributed by atoms with Gasteiger partial charge < -0.3 is 15.2 Å². The predicted octanol–water partition coefficient (Wildman–Crippen LogP) is 2.57. The molecule has 22 heavy (non-hydrogen) atoms. The molecule has 0 unspecified atom stereocenters. The third-order valence-corrected chi connectivity index (χ3v) is 4.36. The van der Waals surface area contributed by atoms with Crippen LogP contribution in [0.1, 0.15) is 22.4 Å². The van der Waals surface area contributed by atoms with Gasteiger partial charge in [-0.2, -0.15) is 0 Å². The number of thiazole rings is 1. The van der Waals surface area contributed by atoms with Gasteiger partial charge in [-0.15, -0.1) is 35.3 Å². The first-order chi connectivity index (χ1) is 10.2. The lowest BCUT2D eigenvalue weighted by Crippen LogP contribution is -2.37. The normalized spacial score (nSPS) is 11.1. The van der Waals surface area contributed by atoms with Crippen LogP contribution >= 0.6 is 35.3 Å². The summed E-state index contributed by atoms with van der Waals surface area (Å²) < 4.78 is 2.04. The summed E-state index contributed by atoms with van der Waals surface area (Å²) in [6.07, 6.45) is 8.10. The quantitative estimate of drug-likeness (QED) is 0.419. The third kappa shape index (κ3) is 5.96. The summed E-state index contributed by atoms with van der Waals surface area (Å²) in [5.41, 5.74) is 1.24. The summed E-state index contributed by atoms with van der Waals surface area (Å²) in [7, 11) is 3.81. The summed E-state index contributed by atoms with van der Waals surface area (Å²) in [6, 6.07) is 2.10. The van der Waals surface area contributed by atoms with Gasteiger partial charge in [-0.3, -0.25) is 4.99 Å². The van der Waals surface area contributed by atoms with Crippen molar-refractivity contribution in [2.24, 2.45) is 12.0 Å². The fraction of sp³-hybridized carbons (Fsp3) is 0.467. The largest absolute Gasteiger partial charge is 0.357 e. The van der Waals surface area contributed by atoms with Crippen molar-refractivity contribution in [2.45, 2.75) is 26.3 Å². The Morgan fingerprint density at radius 2 is 2.23 bits per heavy atom. The topological polar surface area (TPSA) is 54.2 Å². The highest BCUT2D eigenvalue weighted by molar-refractivity contribution is 14.0. The van der Waals surface area contributed by atoms with Crippen molar-refractivity contribution < 1.29 is 0 Å². The predicted molar refractivity (Wildman–Crippen MR) is 104 cm³/mol. The van der Waals surface area contributed by atoms with Crippen LogP contribution < -0.4 is 10.6 Å². The Bertz CT molecular complexity index is 590. The third-order valence-electron chi connectivity index (χ3n) is 3.16. The lowest BCUT2D eigenvalue weighted by atomic mass is 10.3. The summed E-state index contributed by atoms with van der Waals surface area (Å²) in [6.45, 7) is 3.77. The van der Waals surface area contributed by atoms with Gasteiger partial charge in [0.2, 0.25) is 0 Å². The van der Waals surface area contributed by atoms with E-state index in [0.717, 1.165) is 31.9 Å².